The van der Waals surface area contributed by atoms with E-state index in [-0.39, 0.29) is 18.3 Å². The third-order valence-electron chi connectivity index (χ3n) is 6.00. The molecule has 144 valence electrons. The quantitative estimate of drug-likeness (QED) is 0.625. The average molecular weight is 364 g/mol. The van der Waals surface area contributed by atoms with E-state index in [0.29, 0.717) is 0 Å². The lowest BCUT2D eigenvalue weighted by atomic mass is 9.76. The average Bonchev–Trinajstić information content (AvgIpc) is 2.84. The number of aryl methyl sites for hydroxylation is 2. The highest BCUT2D eigenvalue weighted by Gasteiger charge is 2.51. The van der Waals surface area contributed by atoms with Gasteiger partial charge in [-0.1, -0.05) is 69.2 Å². The molecule has 0 aromatic heterocycles. The molecule has 0 amide bonds. The molecule has 0 radical (unpaired) electrons. The monoisotopic (exact) mass is 364 g/mol. The van der Waals surface area contributed by atoms with Crippen LogP contribution in [0.15, 0.2) is 42.5 Å². The molecule has 0 bridgehead atoms. The highest BCUT2D eigenvalue weighted by atomic mass is 16.7. The van der Waals surface area contributed by atoms with Crippen LogP contribution in [0.1, 0.15) is 65.5 Å². The fourth-order valence-electron chi connectivity index (χ4n) is 3.75. The molecule has 0 spiro atoms. The van der Waals surface area contributed by atoms with Crippen LogP contribution in [0, 0.1) is 0 Å². The molecule has 3 heteroatoms. The minimum absolute atomic E-state index is 0.300. The van der Waals surface area contributed by atoms with Gasteiger partial charge in [0.25, 0.3) is 0 Å². The first-order valence-electron chi connectivity index (χ1n) is 10.4. The summed E-state index contributed by atoms with van der Waals surface area (Å²) in [5.41, 5.74) is 6.02. The zero-order chi connectivity index (χ0) is 19.7. The Kier molecular flexibility index (Phi) is 5.83. The van der Waals surface area contributed by atoms with E-state index in [1.807, 2.05) is 0 Å². The van der Waals surface area contributed by atoms with E-state index in [2.05, 4.69) is 84.0 Å². The summed E-state index contributed by atoms with van der Waals surface area (Å²) in [6, 6.07) is 15.5. The minimum atomic E-state index is -0.311. The van der Waals surface area contributed by atoms with Crippen LogP contribution in [0.2, 0.25) is 0 Å². The molecule has 27 heavy (non-hydrogen) atoms. The van der Waals surface area contributed by atoms with Crippen LogP contribution < -0.4 is 5.46 Å². The van der Waals surface area contributed by atoms with Crippen molar-refractivity contribution in [3.05, 3.63) is 53.6 Å². The standard InChI is InChI=1S/C24H33BO2/c1-7-11-18-13-9-10-14-21(18)22-16-15-20(17-19(22)12-8-2)25-26-23(3,4)24(5,6)27-25/h9-10,13-17H,7-8,11-12H2,1-6H3. The Balaban J connectivity index is 2.00. The van der Waals surface area contributed by atoms with E-state index >= 15 is 0 Å². The number of hydrogen-bond acceptors (Lipinski definition) is 2. The molecule has 1 aliphatic heterocycles. The van der Waals surface area contributed by atoms with E-state index in [1.165, 1.54) is 22.3 Å². The van der Waals surface area contributed by atoms with Gasteiger partial charge in [0.1, 0.15) is 0 Å². The third-order valence-corrected chi connectivity index (χ3v) is 6.00. The lowest BCUT2D eigenvalue weighted by Crippen LogP contribution is -2.41. The van der Waals surface area contributed by atoms with E-state index in [0.717, 1.165) is 31.1 Å². The molecule has 2 nitrogen and oxygen atoms in total. The molecule has 0 N–H and O–H groups in total. The molecule has 0 aliphatic carbocycles. The Morgan fingerprint density at radius 2 is 1.30 bits per heavy atom. The van der Waals surface area contributed by atoms with Crippen molar-refractivity contribution in [1.82, 2.24) is 0 Å². The molecule has 0 atom stereocenters. The smallest absolute Gasteiger partial charge is 0.399 e. The van der Waals surface area contributed by atoms with Crippen molar-refractivity contribution in [2.45, 2.75) is 78.4 Å². The number of rotatable bonds is 6. The van der Waals surface area contributed by atoms with Gasteiger partial charge < -0.3 is 9.31 Å². The van der Waals surface area contributed by atoms with Crippen molar-refractivity contribution in [1.29, 1.82) is 0 Å². The van der Waals surface area contributed by atoms with Crippen LogP contribution in [-0.2, 0) is 22.2 Å². The third kappa shape index (κ3) is 4.00. The molecule has 3 rings (SSSR count). The van der Waals surface area contributed by atoms with Crippen LogP contribution in [0.5, 0.6) is 0 Å². The minimum Gasteiger partial charge on any atom is -0.399 e. The maximum absolute atomic E-state index is 6.27. The van der Waals surface area contributed by atoms with Crippen LogP contribution in [-0.4, -0.2) is 18.3 Å². The highest BCUT2D eigenvalue weighted by Crippen LogP contribution is 2.37. The van der Waals surface area contributed by atoms with Gasteiger partial charge in [-0.25, -0.2) is 0 Å². The van der Waals surface area contributed by atoms with Gasteiger partial charge in [0.15, 0.2) is 0 Å². The Labute approximate surface area is 165 Å². The van der Waals surface area contributed by atoms with Gasteiger partial charge in [-0.15, -0.1) is 0 Å². The molecule has 1 heterocycles. The van der Waals surface area contributed by atoms with Crippen molar-refractivity contribution in [2.24, 2.45) is 0 Å². The van der Waals surface area contributed by atoms with Gasteiger partial charge in [-0.2, -0.15) is 0 Å². The largest absolute Gasteiger partial charge is 0.494 e. The molecule has 1 saturated heterocycles. The van der Waals surface area contributed by atoms with Crippen LogP contribution in [0.4, 0.5) is 0 Å². The second-order valence-corrected chi connectivity index (χ2v) is 8.66. The fourth-order valence-corrected chi connectivity index (χ4v) is 3.75. The van der Waals surface area contributed by atoms with Gasteiger partial charge in [0, 0.05) is 0 Å². The first-order valence-corrected chi connectivity index (χ1v) is 10.4. The van der Waals surface area contributed by atoms with Crippen molar-refractivity contribution in [3.8, 4) is 11.1 Å². The second-order valence-electron chi connectivity index (χ2n) is 8.66. The van der Waals surface area contributed by atoms with E-state index in [1.54, 1.807) is 0 Å². The van der Waals surface area contributed by atoms with Crippen LogP contribution >= 0.6 is 0 Å². The second kappa shape index (κ2) is 7.81. The summed E-state index contributed by atoms with van der Waals surface area (Å²) in [5, 5.41) is 0. The van der Waals surface area contributed by atoms with Crippen LogP contribution in [0.25, 0.3) is 11.1 Å². The Hall–Kier alpha value is -1.58. The zero-order valence-corrected chi connectivity index (χ0v) is 17.8. The maximum Gasteiger partial charge on any atom is 0.494 e. The summed E-state index contributed by atoms with van der Waals surface area (Å²) in [6.45, 7) is 12.9. The summed E-state index contributed by atoms with van der Waals surface area (Å²) in [5.74, 6) is 0. The van der Waals surface area contributed by atoms with E-state index < -0.39 is 0 Å². The molecule has 2 aromatic rings. The predicted octanol–water partition coefficient (Wildman–Crippen LogP) is 5.56. The van der Waals surface area contributed by atoms with Gasteiger partial charge >= 0.3 is 7.12 Å². The molecule has 0 unspecified atom stereocenters. The summed E-state index contributed by atoms with van der Waals surface area (Å²) < 4.78 is 12.5. The molecule has 2 aromatic carbocycles. The summed E-state index contributed by atoms with van der Waals surface area (Å²) >= 11 is 0. The number of benzene rings is 2. The van der Waals surface area contributed by atoms with Gasteiger partial charge in [-0.05, 0) is 68.3 Å². The Morgan fingerprint density at radius 3 is 1.93 bits per heavy atom. The number of hydrogen-bond donors (Lipinski definition) is 0. The van der Waals surface area contributed by atoms with Crippen molar-refractivity contribution >= 4 is 12.6 Å². The fraction of sp³-hybridized carbons (Fsp3) is 0.500. The first-order chi connectivity index (χ1) is 12.8. The van der Waals surface area contributed by atoms with Gasteiger partial charge in [-0.3, -0.25) is 0 Å². The summed E-state index contributed by atoms with van der Waals surface area (Å²) in [7, 11) is -0.300. The Morgan fingerprint density at radius 1 is 0.741 bits per heavy atom. The van der Waals surface area contributed by atoms with Crippen molar-refractivity contribution < 1.29 is 9.31 Å². The lowest BCUT2D eigenvalue weighted by Gasteiger charge is -2.32. The van der Waals surface area contributed by atoms with Gasteiger partial charge in [0.05, 0.1) is 11.2 Å². The lowest BCUT2D eigenvalue weighted by molar-refractivity contribution is 0.00578. The molecule has 0 saturated carbocycles. The topological polar surface area (TPSA) is 18.5 Å². The van der Waals surface area contributed by atoms with Crippen molar-refractivity contribution in [3.63, 3.8) is 0 Å². The molecular formula is C24H33BO2. The van der Waals surface area contributed by atoms with Crippen molar-refractivity contribution in [2.75, 3.05) is 0 Å². The highest BCUT2D eigenvalue weighted by molar-refractivity contribution is 6.62. The van der Waals surface area contributed by atoms with E-state index in [4.69, 9.17) is 9.31 Å². The zero-order valence-electron chi connectivity index (χ0n) is 17.8. The summed E-state index contributed by atoms with van der Waals surface area (Å²) in [6.07, 6.45) is 4.45. The Bertz CT molecular complexity index is 779. The van der Waals surface area contributed by atoms with Gasteiger partial charge in [0.2, 0.25) is 0 Å². The SMILES string of the molecule is CCCc1ccccc1-c1ccc(B2OC(C)(C)C(C)(C)O2)cc1CCC. The normalized spacial score (nSPS) is 18.1. The summed E-state index contributed by atoms with van der Waals surface area (Å²) in [4.78, 5) is 0. The predicted molar refractivity (Wildman–Crippen MR) is 116 cm³/mol. The molecule has 1 fully saturated rings. The van der Waals surface area contributed by atoms with E-state index in [9.17, 15) is 0 Å². The molecular weight excluding hydrogens is 331 g/mol. The molecule has 1 aliphatic rings. The maximum atomic E-state index is 6.27. The first kappa shape index (κ1) is 20.2. The van der Waals surface area contributed by atoms with Crippen LogP contribution in [0.3, 0.4) is 0 Å².